The first kappa shape index (κ1) is 78.6. The summed E-state index contributed by atoms with van der Waals surface area (Å²) in [5, 5.41) is 0. The Bertz CT molecular complexity index is 1550. The van der Waals surface area contributed by atoms with Crippen molar-refractivity contribution < 1.29 is 28.6 Å². The maximum Gasteiger partial charge on any atom is 0.306 e. The van der Waals surface area contributed by atoms with Crippen molar-refractivity contribution in [2.45, 2.75) is 367 Å². The summed E-state index contributed by atoms with van der Waals surface area (Å²) in [6.07, 6.45) is 93.2. The van der Waals surface area contributed by atoms with Crippen molar-refractivity contribution in [3.05, 3.63) is 85.1 Å². The van der Waals surface area contributed by atoms with Crippen molar-refractivity contribution in [1.82, 2.24) is 0 Å². The van der Waals surface area contributed by atoms with Gasteiger partial charge in [0.05, 0.1) is 0 Å². The second kappa shape index (κ2) is 70.1. The van der Waals surface area contributed by atoms with Gasteiger partial charge in [0, 0.05) is 19.3 Å². The molecule has 0 N–H and O–H groups in total. The number of rotatable bonds is 65. The lowest BCUT2D eigenvalue weighted by Crippen LogP contribution is -2.30. The SMILES string of the molecule is CC/C=C\C/C=C\C/C=C\C/C=C\C/C=C\CCCCCCCCCCCCCCCC(=O)OCC(COC(=O)CCCCCCCCCCCCCCCC)OC(=O)CCCCCCCCCCC/C=C\C/C=C\CCCCCCC. The highest BCUT2D eigenvalue weighted by molar-refractivity contribution is 5.71. The van der Waals surface area contributed by atoms with E-state index in [1.165, 1.54) is 225 Å². The quantitative estimate of drug-likeness (QED) is 0.0261. The van der Waals surface area contributed by atoms with Crippen LogP contribution in [0.5, 0.6) is 0 Å². The molecule has 474 valence electrons. The number of hydrogen-bond acceptors (Lipinski definition) is 6. The molecule has 0 aromatic carbocycles. The van der Waals surface area contributed by atoms with Crippen LogP contribution in [0, 0.1) is 0 Å². The molecule has 82 heavy (non-hydrogen) atoms. The monoisotopic (exact) mass is 1140 g/mol. The van der Waals surface area contributed by atoms with Crippen LogP contribution in [-0.4, -0.2) is 37.2 Å². The second-order valence-electron chi connectivity index (χ2n) is 23.8. The molecular formula is C76H134O6. The molecule has 1 atom stereocenters. The van der Waals surface area contributed by atoms with E-state index in [9.17, 15) is 14.4 Å². The predicted octanol–water partition coefficient (Wildman–Crippen LogP) is 24.6. The molecule has 6 heteroatoms. The Labute approximate surface area is 509 Å². The Morgan fingerprint density at radius 2 is 0.476 bits per heavy atom. The number of hydrogen-bond donors (Lipinski definition) is 0. The van der Waals surface area contributed by atoms with Gasteiger partial charge in [-0.3, -0.25) is 14.4 Å². The van der Waals surface area contributed by atoms with Crippen molar-refractivity contribution in [1.29, 1.82) is 0 Å². The van der Waals surface area contributed by atoms with Crippen LogP contribution in [0.4, 0.5) is 0 Å². The molecule has 0 rings (SSSR count). The molecule has 0 fully saturated rings. The lowest BCUT2D eigenvalue weighted by Gasteiger charge is -2.18. The van der Waals surface area contributed by atoms with Crippen LogP contribution in [0.15, 0.2) is 85.1 Å². The smallest absolute Gasteiger partial charge is 0.306 e. The van der Waals surface area contributed by atoms with Gasteiger partial charge >= 0.3 is 17.9 Å². The van der Waals surface area contributed by atoms with E-state index >= 15 is 0 Å². The third-order valence-electron chi connectivity index (χ3n) is 15.6. The Morgan fingerprint density at radius 3 is 0.744 bits per heavy atom. The fraction of sp³-hybridized carbons (Fsp3) is 0.776. The van der Waals surface area contributed by atoms with Gasteiger partial charge in [0.1, 0.15) is 13.2 Å². The van der Waals surface area contributed by atoms with Crippen molar-refractivity contribution in [3.8, 4) is 0 Å². The lowest BCUT2D eigenvalue weighted by atomic mass is 10.0. The van der Waals surface area contributed by atoms with E-state index in [1.807, 2.05) is 0 Å². The standard InChI is InChI=1S/C76H134O6/c1-4-7-10-13-16-19-22-25-28-30-32-34-35-36-37-38-39-40-41-43-44-46-48-51-54-57-60-63-66-69-75(78)81-72-73(71-80-74(77)68-65-62-59-56-53-50-27-24-21-18-15-12-9-6-3)82-76(79)70-67-64-61-58-55-52-49-47-45-42-33-31-29-26-23-20-17-14-11-8-5-2/h7,10,16,19,23,25-26,28,31-34,36-37,73H,4-6,8-9,11-15,17-18,20-22,24,27,29-30,35,38-72H2,1-3H3/b10-7-,19-16-,26-23-,28-25-,33-31-,34-32-,37-36-. The Kier molecular flexibility index (Phi) is 67.2. The highest BCUT2D eigenvalue weighted by Gasteiger charge is 2.19. The van der Waals surface area contributed by atoms with Gasteiger partial charge in [-0.25, -0.2) is 0 Å². The van der Waals surface area contributed by atoms with Crippen LogP contribution in [0.3, 0.4) is 0 Å². The van der Waals surface area contributed by atoms with Crippen molar-refractivity contribution in [2.75, 3.05) is 13.2 Å². The average Bonchev–Trinajstić information content (AvgIpc) is 3.47. The third kappa shape index (κ3) is 67.4. The molecule has 0 saturated carbocycles. The Balaban J connectivity index is 4.27. The highest BCUT2D eigenvalue weighted by atomic mass is 16.6. The largest absolute Gasteiger partial charge is 0.462 e. The maximum absolute atomic E-state index is 13.0. The molecule has 0 heterocycles. The number of ether oxygens (including phenoxy) is 3. The van der Waals surface area contributed by atoms with Crippen molar-refractivity contribution in [3.63, 3.8) is 0 Å². The summed E-state index contributed by atoms with van der Waals surface area (Å²) in [6, 6.07) is 0. The molecule has 0 spiro atoms. The van der Waals surface area contributed by atoms with Crippen molar-refractivity contribution >= 4 is 17.9 Å². The van der Waals surface area contributed by atoms with E-state index in [2.05, 4.69) is 106 Å². The first-order chi connectivity index (χ1) is 40.5. The zero-order valence-corrected chi connectivity index (χ0v) is 54.5. The minimum atomic E-state index is -0.779. The summed E-state index contributed by atoms with van der Waals surface area (Å²) in [7, 11) is 0. The van der Waals surface area contributed by atoms with Gasteiger partial charge in [-0.1, -0.05) is 331 Å². The molecule has 0 bridgehead atoms. The summed E-state index contributed by atoms with van der Waals surface area (Å²) in [5.41, 5.74) is 0. The number of carbonyl (C=O) groups excluding carboxylic acids is 3. The van der Waals surface area contributed by atoms with Crippen LogP contribution < -0.4 is 0 Å². The van der Waals surface area contributed by atoms with Gasteiger partial charge in [-0.15, -0.1) is 0 Å². The molecular weight excluding hydrogens is 1010 g/mol. The van der Waals surface area contributed by atoms with Crippen molar-refractivity contribution in [2.24, 2.45) is 0 Å². The Morgan fingerprint density at radius 1 is 0.256 bits per heavy atom. The van der Waals surface area contributed by atoms with Gasteiger partial charge in [0.15, 0.2) is 6.10 Å². The molecule has 0 aromatic heterocycles. The molecule has 0 saturated heterocycles. The van der Waals surface area contributed by atoms with Crippen LogP contribution in [-0.2, 0) is 28.6 Å². The number of carbonyl (C=O) groups is 3. The molecule has 6 nitrogen and oxygen atoms in total. The first-order valence-corrected chi connectivity index (χ1v) is 35.6. The number of esters is 3. The zero-order valence-electron chi connectivity index (χ0n) is 54.5. The van der Waals surface area contributed by atoms with Crippen LogP contribution in [0.2, 0.25) is 0 Å². The van der Waals surface area contributed by atoms with Crippen LogP contribution in [0.25, 0.3) is 0 Å². The number of unbranched alkanes of at least 4 members (excludes halogenated alkanes) is 40. The predicted molar refractivity (Wildman–Crippen MR) is 358 cm³/mol. The van der Waals surface area contributed by atoms with Gasteiger partial charge in [0.2, 0.25) is 0 Å². The Hall–Kier alpha value is -3.41. The highest BCUT2D eigenvalue weighted by Crippen LogP contribution is 2.18. The first-order valence-electron chi connectivity index (χ1n) is 35.6. The summed E-state index contributed by atoms with van der Waals surface area (Å²) in [4.78, 5) is 38.5. The van der Waals surface area contributed by atoms with Gasteiger partial charge in [-0.2, -0.15) is 0 Å². The summed E-state index contributed by atoms with van der Waals surface area (Å²) < 4.78 is 17.0. The summed E-state index contributed by atoms with van der Waals surface area (Å²) in [5.74, 6) is -0.858. The maximum atomic E-state index is 13.0. The second-order valence-corrected chi connectivity index (χ2v) is 23.8. The molecule has 0 aliphatic carbocycles. The zero-order chi connectivity index (χ0) is 59.2. The molecule has 1 unspecified atom stereocenters. The number of allylic oxidation sites excluding steroid dienone is 14. The third-order valence-corrected chi connectivity index (χ3v) is 15.6. The van der Waals surface area contributed by atoms with E-state index in [0.717, 1.165) is 96.3 Å². The lowest BCUT2D eigenvalue weighted by molar-refractivity contribution is -0.167. The van der Waals surface area contributed by atoms with E-state index < -0.39 is 6.10 Å². The van der Waals surface area contributed by atoms with Gasteiger partial charge in [-0.05, 0) is 96.3 Å². The minimum absolute atomic E-state index is 0.0736. The van der Waals surface area contributed by atoms with E-state index in [4.69, 9.17) is 14.2 Å². The fourth-order valence-corrected chi connectivity index (χ4v) is 10.3. The average molecular weight is 1140 g/mol. The fourth-order valence-electron chi connectivity index (χ4n) is 10.3. The molecule has 0 aliphatic rings. The van der Waals surface area contributed by atoms with Gasteiger partial charge < -0.3 is 14.2 Å². The van der Waals surface area contributed by atoms with E-state index in [0.29, 0.717) is 19.3 Å². The van der Waals surface area contributed by atoms with E-state index in [-0.39, 0.29) is 31.1 Å². The van der Waals surface area contributed by atoms with Crippen LogP contribution >= 0.6 is 0 Å². The molecule has 0 aliphatic heterocycles. The van der Waals surface area contributed by atoms with E-state index in [1.54, 1.807) is 0 Å². The summed E-state index contributed by atoms with van der Waals surface area (Å²) >= 11 is 0. The van der Waals surface area contributed by atoms with Gasteiger partial charge in [0.25, 0.3) is 0 Å². The molecule has 0 aromatic rings. The van der Waals surface area contributed by atoms with Crippen LogP contribution in [0.1, 0.15) is 361 Å². The topological polar surface area (TPSA) is 78.9 Å². The molecule has 0 amide bonds. The minimum Gasteiger partial charge on any atom is -0.462 e. The summed E-state index contributed by atoms with van der Waals surface area (Å²) in [6.45, 7) is 6.56. The molecule has 0 radical (unpaired) electrons. The normalized spacial score (nSPS) is 12.6.